The van der Waals surface area contributed by atoms with E-state index in [0.717, 1.165) is 24.3 Å². The first-order valence-electron chi connectivity index (χ1n) is 4.10. The fraction of sp³-hybridized carbons (Fsp3) is 0.333. The first kappa shape index (κ1) is 12.7. The maximum atomic E-state index is 13.0. The van der Waals surface area contributed by atoms with Crippen molar-refractivity contribution < 1.29 is 26.3 Å². The summed E-state index contributed by atoms with van der Waals surface area (Å²) in [5, 5.41) is 0. The molecule has 1 rings (SSSR count). The van der Waals surface area contributed by atoms with Crippen molar-refractivity contribution in [1.82, 2.24) is 0 Å². The summed E-state index contributed by atoms with van der Waals surface area (Å²) in [5.41, 5.74) is 4.57. The van der Waals surface area contributed by atoms with Gasteiger partial charge in [0.25, 0.3) is 0 Å². The predicted molar refractivity (Wildman–Crippen MR) is 45.7 cm³/mol. The molecule has 0 spiro atoms. The standard InChI is InChI=1S/C9H7F6N/c10-7(8(11,12)9(13,14)15)5-1-3-6(16)4-2-5/h1-4,7H,16H2. The van der Waals surface area contributed by atoms with Gasteiger partial charge in [-0.25, -0.2) is 4.39 Å². The highest BCUT2D eigenvalue weighted by molar-refractivity contribution is 5.40. The van der Waals surface area contributed by atoms with Crippen molar-refractivity contribution in [2.45, 2.75) is 18.3 Å². The maximum Gasteiger partial charge on any atom is 0.456 e. The van der Waals surface area contributed by atoms with Gasteiger partial charge in [0.2, 0.25) is 0 Å². The Kier molecular flexibility index (Phi) is 3.07. The fourth-order valence-corrected chi connectivity index (χ4v) is 1.02. The monoisotopic (exact) mass is 243 g/mol. The quantitative estimate of drug-likeness (QED) is 0.624. The molecule has 0 fully saturated rings. The number of hydrogen-bond donors (Lipinski definition) is 1. The molecule has 90 valence electrons. The molecule has 1 nitrogen and oxygen atoms in total. The minimum absolute atomic E-state index is 0.145. The molecule has 16 heavy (non-hydrogen) atoms. The lowest BCUT2D eigenvalue weighted by atomic mass is 10.0. The van der Waals surface area contributed by atoms with E-state index in [-0.39, 0.29) is 5.69 Å². The van der Waals surface area contributed by atoms with E-state index >= 15 is 0 Å². The second-order valence-corrected chi connectivity index (χ2v) is 3.15. The van der Waals surface area contributed by atoms with Crippen molar-refractivity contribution in [2.75, 3.05) is 5.73 Å². The van der Waals surface area contributed by atoms with Gasteiger partial charge in [0.05, 0.1) is 0 Å². The molecule has 0 aliphatic carbocycles. The minimum atomic E-state index is -5.92. The van der Waals surface area contributed by atoms with Gasteiger partial charge in [-0.2, -0.15) is 22.0 Å². The van der Waals surface area contributed by atoms with Crippen LogP contribution in [0.2, 0.25) is 0 Å². The summed E-state index contributed by atoms with van der Waals surface area (Å²) in [4.78, 5) is 0. The number of anilines is 1. The molecule has 0 bridgehead atoms. The number of nitrogens with two attached hydrogens (primary N) is 1. The van der Waals surface area contributed by atoms with Gasteiger partial charge in [-0.1, -0.05) is 12.1 Å². The van der Waals surface area contributed by atoms with Crippen LogP contribution in [0.3, 0.4) is 0 Å². The Morgan fingerprint density at radius 2 is 1.38 bits per heavy atom. The second kappa shape index (κ2) is 3.88. The highest BCUT2D eigenvalue weighted by atomic mass is 19.4. The molecule has 0 radical (unpaired) electrons. The first-order chi connectivity index (χ1) is 7.16. The maximum absolute atomic E-state index is 13.0. The molecule has 7 heteroatoms. The van der Waals surface area contributed by atoms with Gasteiger partial charge in [0.1, 0.15) is 0 Å². The third kappa shape index (κ3) is 2.23. The van der Waals surface area contributed by atoms with E-state index < -0.39 is 23.8 Å². The van der Waals surface area contributed by atoms with E-state index in [0.29, 0.717) is 0 Å². The third-order valence-electron chi connectivity index (χ3n) is 1.93. The van der Waals surface area contributed by atoms with Crippen molar-refractivity contribution in [3.8, 4) is 0 Å². The average molecular weight is 243 g/mol. The smallest absolute Gasteiger partial charge is 0.399 e. The lowest BCUT2D eigenvalue weighted by Gasteiger charge is -2.23. The first-order valence-corrected chi connectivity index (χ1v) is 4.10. The van der Waals surface area contributed by atoms with Crippen LogP contribution >= 0.6 is 0 Å². The number of alkyl halides is 6. The highest BCUT2D eigenvalue weighted by Gasteiger charge is 2.63. The van der Waals surface area contributed by atoms with E-state index in [2.05, 4.69) is 0 Å². The van der Waals surface area contributed by atoms with Crippen LogP contribution in [-0.4, -0.2) is 12.1 Å². The van der Waals surface area contributed by atoms with Crippen LogP contribution in [0, 0.1) is 0 Å². The summed E-state index contributed by atoms with van der Waals surface area (Å²) in [6.45, 7) is 0. The van der Waals surface area contributed by atoms with E-state index in [1.807, 2.05) is 0 Å². The third-order valence-corrected chi connectivity index (χ3v) is 1.93. The molecule has 1 atom stereocenters. The zero-order valence-corrected chi connectivity index (χ0v) is 7.73. The molecule has 0 aliphatic rings. The van der Waals surface area contributed by atoms with Gasteiger partial charge in [-0.05, 0) is 17.7 Å². The van der Waals surface area contributed by atoms with E-state index in [9.17, 15) is 26.3 Å². The number of benzene rings is 1. The number of halogens is 6. The lowest BCUT2D eigenvalue weighted by molar-refractivity contribution is -0.305. The van der Waals surface area contributed by atoms with Crippen molar-refractivity contribution in [2.24, 2.45) is 0 Å². The van der Waals surface area contributed by atoms with Crippen LogP contribution < -0.4 is 5.73 Å². The Morgan fingerprint density at radius 3 is 1.75 bits per heavy atom. The Labute approximate surface area is 86.9 Å². The summed E-state index contributed by atoms with van der Waals surface area (Å²) in [6, 6.07) is 3.68. The normalized spacial score (nSPS) is 14.9. The molecule has 0 aromatic heterocycles. The topological polar surface area (TPSA) is 26.0 Å². The van der Waals surface area contributed by atoms with E-state index in [4.69, 9.17) is 5.73 Å². The van der Waals surface area contributed by atoms with Gasteiger partial charge >= 0.3 is 12.1 Å². The largest absolute Gasteiger partial charge is 0.456 e. The van der Waals surface area contributed by atoms with Crippen LogP contribution in [0.1, 0.15) is 11.7 Å². The Hall–Kier alpha value is -1.40. The molecule has 1 unspecified atom stereocenters. The number of nitrogen functional groups attached to an aromatic ring is 1. The zero-order chi connectivity index (χ0) is 12.6. The van der Waals surface area contributed by atoms with E-state index in [1.165, 1.54) is 0 Å². The molecule has 2 N–H and O–H groups in total. The van der Waals surface area contributed by atoms with Gasteiger partial charge in [0, 0.05) is 5.69 Å². The second-order valence-electron chi connectivity index (χ2n) is 3.15. The molecular formula is C9H7F6N. The molecule has 0 saturated heterocycles. The van der Waals surface area contributed by atoms with Gasteiger partial charge < -0.3 is 5.73 Å². The average Bonchev–Trinajstić information content (AvgIpc) is 2.16. The zero-order valence-electron chi connectivity index (χ0n) is 7.73. The summed E-state index contributed by atoms with van der Waals surface area (Å²) in [5.74, 6) is -5.41. The molecule has 1 aromatic rings. The Balaban J connectivity index is 3.02. The SMILES string of the molecule is Nc1ccc(C(F)C(F)(F)C(F)(F)F)cc1. The minimum Gasteiger partial charge on any atom is -0.399 e. The van der Waals surface area contributed by atoms with Crippen molar-refractivity contribution in [3.63, 3.8) is 0 Å². The molecule has 1 aromatic carbocycles. The van der Waals surface area contributed by atoms with Crippen LogP contribution in [0.5, 0.6) is 0 Å². The molecule has 0 amide bonds. The van der Waals surface area contributed by atoms with Crippen LogP contribution in [-0.2, 0) is 0 Å². The molecule has 0 aliphatic heterocycles. The van der Waals surface area contributed by atoms with Gasteiger partial charge in [-0.3, -0.25) is 0 Å². The highest BCUT2D eigenvalue weighted by Crippen LogP contribution is 2.46. The molecule has 0 saturated carbocycles. The van der Waals surface area contributed by atoms with E-state index in [1.54, 1.807) is 0 Å². The van der Waals surface area contributed by atoms with Crippen LogP contribution in [0.25, 0.3) is 0 Å². The summed E-state index contributed by atoms with van der Waals surface area (Å²) in [7, 11) is 0. The summed E-state index contributed by atoms with van der Waals surface area (Å²) in [6.07, 6.45) is -9.36. The van der Waals surface area contributed by atoms with Crippen LogP contribution in [0.4, 0.5) is 32.0 Å². The predicted octanol–water partition coefficient (Wildman–Crippen LogP) is 3.48. The fourth-order valence-electron chi connectivity index (χ4n) is 1.02. The number of rotatable bonds is 2. The number of hydrogen-bond acceptors (Lipinski definition) is 1. The molecule has 0 heterocycles. The van der Waals surface area contributed by atoms with Crippen LogP contribution in [0.15, 0.2) is 24.3 Å². The van der Waals surface area contributed by atoms with Crippen molar-refractivity contribution in [1.29, 1.82) is 0 Å². The van der Waals surface area contributed by atoms with Gasteiger partial charge in [0.15, 0.2) is 6.17 Å². The van der Waals surface area contributed by atoms with Crippen molar-refractivity contribution >= 4 is 5.69 Å². The Bertz CT molecular complexity index is 355. The Morgan fingerprint density at radius 1 is 0.938 bits per heavy atom. The summed E-state index contributed by atoms with van der Waals surface area (Å²) < 4.78 is 73.7. The molecular weight excluding hydrogens is 236 g/mol. The summed E-state index contributed by atoms with van der Waals surface area (Å²) >= 11 is 0. The van der Waals surface area contributed by atoms with Crippen molar-refractivity contribution in [3.05, 3.63) is 29.8 Å². The lowest BCUT2D eigenvalue weighted by Crippen LogP contribution is -2.40. The van der Waals surface area contributed by atoms with Gasteiger partial charge in [-0.15, -0.1) is 0 Å².